The number of hydrogen-bond acceptors (Lipinski definition) is 5. The van der Waals surface area contributed by atoms with E-state index in [9.17, 15) is 0 Å². The van der Waals surface area contributed by atoms with Crippen LogP contribution in [0, 0.1) is 6.92 Å². The van der Waals surface area contributed by atoms with Gasteiger partial charge in [-0.1, -0.05) is 47.1 Å². The van der Waals surface area contributed by atoms with Crippen LogP contribution in [0.2, 0.25) is 5.02 Å². The lowest BCUT2D eigenvalue weighted by Crippen LogP contribution is -2.03. The Morgan fingerprint density at radius 1 is 1.17 bits per heavy atom. The summed E-state index contributed by atoms with van der Waals surface area (Å²) < 4.78 is 7.37. The van der Waals surface area contributed by atoms with Crippen molar-refractivity contribution in [2.75, 3.05) is 12.4 Å². The van der Waals surface area contributed by atoms with E-state index in [0.29, 0.717) is 16.8 Å². The molecule has 3 aromatic rings. The van der Waals surface area contributed by atoms with Crippen LogP contribution in [0.15, 0.2) is 53.7 Å². The Balaban J connectivity index is 1.57. The molecule has 118 valence electrons. The van der Waals surface area contributed by atoms with E-state index < -0.39 is 0 Å². The number of aryl methyl sites for hydroxylation is 1. The van der Waals surface area contributed by atoms with Crippen LogP contribution in [0.5, 0.6) is 5.75 Å². The maximum absolute atomic E-state index is 6.01. The topological polar surface area (TPSA) is 52.8 Å². The zero-order valence-corrected chi connectivity index (χ0v) is 14.1. The summed E-state index contributed by atoms with van der Waals surface area (Å²) in [7, 11) is 0. The van der Waals surface area contributed by atoms with Crippen LogP contribution in [-0.2, 0) is 0 Å². The first-order chi connectivity index (χ1) is 11.2. The highest BCUT2D eigenvalue weighted by atomic mass is 35.5. The Labute approximate surface area is 143 Å². The number of aromatic nitrogens is 4. The Hall–Kier alpha value is -2.05. The summed E-state index contributed by atoms with van der Waals surface area (Å²) >= 11 is 7.55. The lowest BCUT2D eigenvalue weighted by atomic mass is 10.2. The molecule has 0 aliphatic carbocycles. The van der Waals surface area contributed by atoms with Gasteiger partial charge in [-0.2, -0.15) is 4.68 Å². The van der Waals surface area contributed by atoms with Gasteiger partial charge in [0.15, 0.2) is 0 Å². The third-order valence-corrected chi connectivity index (χ3v) is 4.22. The fourth-order valence-corrected chi connectivity index (χ4v) is 2.86. The van der Waals surface area contributed by atoms with E-state index in [1.54, 1.807) is 4.68 Å². The standard InChI is InChI=1S/C16H15ClN4OS/c1-12-5-7-15(8-6-12)22-9-10-23-16-18-19-20-21(16)14-4-2-3-13(17)11-14/h2-8,11H,9-10H2,1H3. The average molecular weight is 347 g/mol. The molecule has 0 bridgehead atoms. The van der Waals surface area contributed by atoms with Crippen molar-refractivity contribution in [1.29, 1.82) is 0 Å². The zero-order chi connectivity index (χ0) is 16.1. The van der Waals surface area contributed by atoms with Gasteiger partial charge in [-0.25, -0.2) is 0 Å². The van der Waals surface area contributed by atoms with E-state index in [1.807, 2.05) is 48.5 Å². The number of rotatable bonds is 6. The van der Waals surface area contributed by atoms with Crippen LogP contribution in [0.25, 0.3) is 5.69 Å². The zero-order valence-electron chi connectivity index (χ0n) is 12.5. The maximum Gasteiger partial charge on any atom is 0.214 e. The highest BCUT2D eigenvalue weighted by Crippen LogP contribution is 2.20. The molecule has 0 aliphatic heterocycles. The van der Waals surface area contributed by atoms with E-state index in [-0.39, 0.29) is 0 Å². The monoisotopic (exact) mass is 346 g/mol. The van der Waals surface area contributed by atoms with Crippen molar-refractivity contribution in [3.63, 3.8) is 0 Å². The van der Waals surface area contributed by atoms with Gasteiger partial charge in [-0.3, -0.25) is 0 Å². The van der Waals surface area contributed by atoms with E-state index in [0.717, 1.165) is 17.2 Å². The van der Waals surface area contributed by atoms with Gasteiger partial charge >= 0.3 is 0 Å². The molecule has 1 heterocycles. The number of tetrazole rings is 1. The third-order valence-electron chi connectivity index (χ3n) is 3.10. The average Bonchev–Trinajstić information content (AvgIpc) is 3.02. The third kappa shape index (κ3) is 4.24. The molecule has 0 radical (unpaired) electrons. The van der Waals surface area contributed by atoms with E-state index >= 15 is 0 Å². The number of benzene rings is 2. The number of hydrogen-bond donors (Lipinski definition) is 0. The first-order valence-electron chi connectivity index (χ1n) is 7.09. The van der Waals surface area contributed by atoms with Gasteiger partial charge in [0, 0.05) is 10.8 Å². The minimum absolute atomic E-state index is 0.579. The van der Waals surface area contributed by atoms with E-state index in [4.69, 9.17) is 16.3 Å². The largest absolute Gasteiger partial charge is 0.493 e. The summed E-state index contributed by atoms with van der Waals surface area (Å²) in [6.07, 6.45) is 0. The van der Waals surface area contributed by atoms with E-state index in [2.05, 4.69) is 22.4 Å². The summed E-state index contributed by atoms with van der Waals surface area (Å²) in [5.74, 6) is 1.61. The van der Waals surface area contributed by atoms with Crippen LogP contribution in [0.3, 0.4) is 0 Å². The highest BCUT2D eigenvalue weighted by Gasteiger charge is 2.09. The highest BCUT2D eigenvalue weighted by molar-refractivity contribution is 7.99. The SMILES string of the molecule is Cc1ccc(OCCSc2nnnn2-c2cccc(Cl)c2)cc1. The summed E-state index contributed by atoms with van der Waals surface area (Å²) in [6.45, 7) is 2.63. The number of halogens is 1. The molecule has 7 heteroatoms. The molecular weight excluding hydrogens is 332 g/mol. The molecule has 0 fully saturated rings. The molecule has 23 heavy (non-hydrogen) atoms. The molecule has 0 aliphatic rings. The van der Waals surface area contributed by atoms with Crippen molar-refractivity contribution in [2.24, 2.45) is 0 Å². The second kappa shape index (κ2) is 7.48. The number of thioether (sulfide) groups is 1. The van der Waals surface area contributed by atoms with Crippen molar-refractivity contribution in [3.05, 3.63) is 59.1 Å². The predicted molar refractivity (Wildman–Crippen MR) is 91.6 cm³/mol. The van der Waals surface area contributed by atoms with Crippen molar-refractivity contribution < 1.29 is 4.74 Å². The normalized spacial score (nSPS) is 10.7. The minimum Gasteiger partial charge on any atom is -0.493 e. The van der Waals surface area contributed by atoms with Gasteiger partial charge in [-0.05, 0) is 47.7 Å². The molecule has 0 saturated heterocycles. The van der Waals surface area contributed by atoms with Gasteiger partial charge in [0.2, 0.25) is 5.16 Å². The summed E-state index contributed by atoms with van der Waals surface area (Å²) in [5.41, 5.74) is 2.05. The minimum atomic E-state index is 0.579. The first-order valence-corrected chi connectivity index (χ1v) is 8.45. The molecule has 2 aromatic carbocycles. The van der Waals surface area contributed by atoms with Gasteiger partial charge in [0.05, 0.1) is 12.3 Å². The number of nitrogens with zero attached hydrogens (tertiary/aromatic N) is 4. The lowest BCUT2D eigenvalue weighted by molar-refractivity contribution is 0.344. The Morgan fingerprint density at radius 3 is 2.78 bits per heavy atom. The van der Waals surface area contributed by atoms with Gasteiger partial charge in [0.25, 0.3) is 0 Å². The maximum atomic E-state index is 6.01. The van der Waals surface area contributed by atoms with Crippen molar-refractivity contribution in [2.45, 2.75) is 12.1 Å². The Bertz CT molecular complexity index is 776. The quantitative estimate of drug-likeness (QED) is 0.502. The van der Waals surface area contributed by atoms with Crippen LogP contribution >= 0.6 is 23.4 Å². The van der Waals surface area contributed by atoms with Gasteiger partial charge in [-0.15, -0.1) is 5.10 Å². The summed E-state index contributed by atoms with van der Waals surface area (Å²) in [6, 6.07) is 15.4. The second-order valence-electron chi connectivity index (χ2n) is 4.86. The molecule has 0 amide bonds. The Kier molecular flexibility index (Phi) is 5.15. The van der Waals surface area contributed by atoms with E-state index in [1.165, 1.54) is 17.3 Å². The van der Waals surface area contributed by atoms with Crippen molar-refractivity contribution >= 4 is 23.4 Å². The van der Waals surface area contributed by atoms with Gasteiger partial charge < -0.3 is 4.74 Å². The second-order valence-corrected chi connectivity index (χ2v) is 6.36. The molecule has 1 aromatic heterocycles. The molecule has 3 rings (SSSR count). The van der Waals surface area contributed by atoms with Crippen LogP contribution < -0.4 is 4.74 Å². The Morgan fingerprint density at radius 2 is 2.00 bits per heavy atom. The van der Waals surface area contributed by atoms with Crippen molar-refractivity contribution in [3.8, 4) is 11.4 Å². The van der Waals surface area contributed by atoms with Crippen LogP contribution in [0.4, 0.5) is 0 Å². The fourth-order valence-electron chi connectivity index (χ4n) is 1.97. The predicted octanol–water partition coefficient (Wildman–Crippen LogP) is 3.80. The van der Waals surface area contributed by atoms with Crippen molar-refractivity contribution in [1.82, 2.24) is 20.2 Å². The lowest BCUT2D eigenvalue weighted by Gasteiger charge is -2.07. The molecule has 0 spiro atoms. The smallest absolute Gasteiger partial charge is 0.214 e. The molecule has 0 N–H and O–H groups in total. The first kappa shape index (κ1) is 15.8. The summed E-state index contributed by atoms with van der Waals surface area (Å²) in [5, 5.41) is 13.1. The molecule has 0 atom stereocenters. The number of ether oxygens (including phenoxy) is 1. The molecule has 0 unspecified atom stereocenters. The van der Waals surface area contributed by atoms with Crippen LogP contribution in [0.1, 0.15) is 5.56 Å². The van der Waals surface area contributed by atoms with Crippen LogP contribution in [-0.4, -0.2) is 32.6 Å². The van der Waals surface area contributed by atoms with Gasteiger partial charge in [0.1, 0.15) is 5.75 Å². The molecule has 0 saturated carbocycles. The summed E-state index contributed by atoms with van der Waals surface area (Å²) in [4.78, 5) is 0. The molecular formula is C16H15ClN4OS. The molecule has 5 nitrogen and oxygen atoms in total. The fraction of sp³-hybridized carbons (Fsp3) is 0.188.